The molecule has 1 aliphatic rings. The minimum absolute atomic E-state index is 0.0367. The maximum atomic E-state index is 12.2. The fraction of sp³-hybridized carbons (Fsp3) is 0.500. The number of likely N-dealkylation sites (tertiary alicyclic amines) is 1. The van der Waals surface area contributed by atoms with Gasteiger partial charge in [-0.25, -0.2) is 0 Å². The van der Waals surface area contributed by atoms with Crippen LogP contribution in [0.2, 0.25) is 0 Å². The molecule has 0 bridgehead atoms. The predicted molar refractivity (Wildman–Crippen MR) is 92.6 cm³/mol. The van der Waals surface area contributed by atoms with Crippen LogP contribution in [0, 0.1) is 6.92 Å². The molecule has 1 saturated heterocycles. The molecule has 3 rings (SSSR count). The second kappa shape index (κ2) is 6.43. The molecule has 0 radical (unpaired) electrons. The maximum absolute atomic E-state index is 12.2. The Morgan fingerprint density at radius 1 is 1.35 bits per heavy atom. The number of aryl methyl sites for hydroxylation is 1. The predicted octanol–water partition coefficient (Wildman–Crippen LogP) is 1.38. The van der Waals surface area contributed by atoms with Crippen LogP contribution in [0.5, 0.6) is 0 Å². The van der Waals surface area contributed by atoms with Gasteiger partial charge in [0.05, 0.1) is 6.10 Å². The molecule has 5 heteroatoms. The topological polar surface area (TPSA) is 68.4 Å². The van der Waals surface area contributed by atoms with Crippen molar-refractivity contribution < 1.29 is 5.11 Å². The van der Waals surface area contributed by atoms with E-state index in [-0.39, 0.29) is 17.6 Å². The highest BCUT2D eigenvalue weighted by atomic mass is 16.3. The molecule has 3 N–H and O–H groups in total. The first-order chi connectivity index (χ1) is 10.9. The van der Waals surface area contributed by atoms with E-state index in [1.54, 1.807) is 6.07 Å². The minimum atomic E-state index is -0.368. The summed E-state index contributed by atoms with van der Waals surface area (Å²) in [5.41, 5.74) is 2.82. The van der Waals surface area contributed by atoms with E-state index in [9.17, 15) is 9.90 Å². The average molecular weight is 315 g/mol. The summed E-state index contributed by atoms with van der Waals surface area (Å²) < 4.78 is 0. The summed E-state index contributed by atoms with van der Waals surface area (Å²) in [6.07, 6.45) is -0.368. The average Bonchev–Trinajstić information content (AvgIpc) is 2.87. The number of nitrogens with one attached hydrogen (secondary N) is 2. The van der Waals surface area contributed by atoms with Gasteiger partial charge in [0.2, 0.25) is 0 Å². The van der Waals surface area contributed by atoms with Crippen molar-refractivity contribution in [3.05, 3.63) is 45.7 Å². The lowest BCUT2D eigenvalue weighted by atomic mass is 10.1. The molecule has 1 aromatic carbocycles. The van der Waals surface area contributed by atoms with E-state index >= 15 is 0 Å². The molecular formula is C18H25N3O2. The van der Waals surface area contributed by atoms with Crippen molar-refractivity contribution in [3.63, 3.8) is 0 Å². The van der Waals surface area contributed by atoms with Crippen LogP contribution >= 0.6 is 0 Å². The summed E-state index contributed by atoms with van der Waals surface area (Å²) in [4.78, 5) is 17.8. The first-order valence-electron chi connectivity index (χ1n) is 8.22. The third kappa shape index (κ3) is 3.47. The van der Waals surface area contributed by atoms with Gasteiger partial charge in [-0.3, -0.25) is 9.69 Å². The van der Waals surface area contributed by atoms with Gasteiger partial charge in [0, 0.05) is 54.4 Å². The van der Waals surface area contributed by atoms with Gasteiger partial charge in [-0.2, -0.15) is 0 Å². The van der Waals surface area contributed by atoms with Crippen LogP contribution in [0.1, 0.15) is 25.1 Å². The molecule has 124 valence electrons. The normalized spacial score (nSPS) is 22.3. The van der Waals surface area contributed by atoms with Crippen LogP contribution in [0.4, 0.5) is 0 Å². The lowest BCUT2D eigenvalue weighted by Crippen LogP contribution is -2.39. The van der Waals surface area contributed by atoms with Gasteiger partial charge in [-0.05, 0) is 32.9 Å². The Labute approximate surface area is 136 Å². The number of rotatable bonds is 4. The summed E-state index contributed by atoms with van der Waals surface area (Å²) in [5, 5.41) is 14.3. The fourth-order valence-electron chi connectivity index (χ4n) is 3.19. The molecular weight excluding hydrogens is 290 g/mol. The highest BCUT2D eigenvalue weighted by Gasteiger charge is 2.31. The summed E-state index contributed by atoms with van der Waals surface area (Å²) >= 11 is 0. The van der Waals surface area contributed by atoms with Crippen molar-refractivity contribution in [2.24, 2.45) is 0 Å². The molecule has 1 aliphatic heterocycles. The monoisotopic (exact) mass is 315 g/mol. The highest BCUT2D eigenvalue weighted by Crippen LogP contribution is 2.14. The van der Waals surface area contributed by atoms with Crippen LogP contribution < -0.4 is 10.7 Å². The van der Waals surface area contributed by atoms with E-state index in [0.29, 0.717) is 19.1 Å². The van der Waals surface area contributed by atoms with Gasteiger partial charge in [0.25, 0.3) is 0 Å². The number of aromatic nitrogens is 1. The SMILES string of the molecule is Cc1ccc2[nH]c(CN[C@H]3CN(C(C)C)C[C@@H]3O)cc(=O)c2c1. The van der Waals surface area contributed by atoms with Crippen LogP contribution in [0.3, 0.4) is 0 Å². The van der Waals surface area contributed by atoms with Gasteiger partial charge >= 0.3 is 0 Å². The third-order valence-electron chi connectivity index (χ3n) is 4.64. The van der Waals surface area contributed by atoms with Crippen LogP contribution in [0.25, 0.3) is 10.9 Å². The van der Waals surface area contributed by atoms with Gasteiger partial charge in [0.15, 0.2) is 5.43 Å². The molecule has 2 heterocycles. The maximum Gasteiger partial charge on any atom is 0.189 e. The number of benzene rings is 1. The van der Waals surface area contributed by atoms with Gasteiger partial charge in [0.1, 0.15) is 0 Å². The molecule has 2 aromatic rings. The van der Waals surface area contributed by atoms with E-state index < -0.39 is 0 Å². The first kappa shape index (κ1) is 16.2. The number of β-amino-alcohol motifs (C(OH)–C–C–N with tert-alkyl or cyclic N) is 1. The summed E-state index contributed by atoms with van der Waals surface area (Å²) in [6, 6.07) is 7.97. The number of fused-ring (bicyclic) bond motifs is 1. The van der Waals surface area contributed by atoms with Crippen molar-refractivity contribution in [1.82, 2.24) is 15.2 Å². The number of nitrogens with zero attached hydrogens (tertiary/aromatic N) is 1. The highest BCUT2D eigenvalue weighted by molar-refractivity contribution is 5.79. The van der Waals surface area contributed by atoms with Crippen molar-refractivity contribution in [1.29, 1.82) is 0 Å². The quantitative estimate of drug-likeness (QED) is 0.797. The third-order valence-corrected chi connectivity index (χ3v) is 4.64. The number of H-pyrrole nitrogens is 1. The van der Waals surface area contributed by atoms with Crippen molar-refractivity contribution in [2.75, 3.05) is 13.1 Å². The van der Waals surface area contributed by atoms with E-state index in [1.807, 2.05) is 25.1 Å². The molecule has 0 amide bonds. The molecule has 5 nitrogen and oxygen atoms in total. The zero-order valence-corrected chi connectivity index (χ0v) is 14.0. The summed E-state index contributed by atoms with van der Waals surface area (Å²) in [6.45, 7) is 8.33. The van der Waals surface area contributed by atoms with Gasteiger partial charge < -0.3 is 15.4 Å². The Kier molecular flexibility index (Phi) is 4.53. The summed E-state index contributed by atoms with van der Waals surface area (Å²) in [7, 11) is 0. The molecule has 0 spiro atoms. The van der Waals surface area contributed by atoms with E-state index in [0.717, 1.165) is 28.7 Å². The van der Waals surface area contributed by atoms with Crippen molar-refractivity contribution >= 4 is 10.9 Å². The lowest BCUT2D eigenvalue weighted by molar-refractivity contribution is 0.148. The minimum Gasteiger partial charge on any atom is -0.390 e. The number of aliphatic hydroxyl groups is 1. The standard InChI is InChI=1S/C18H25N3O2/c1-11(2)21-9-16(18(23)10-21)19-8-13-7-17(22)14-6-12(3)4-5-15(14)20-13/h4-7,11,16,18-19,23H,8-10H2,1-3H3,(H,20,22)/t16-,18-/m0/s1. The smallest absolute Gasteiger partial charge is 0.189 e. The Morgan fingerprint density at radius 3 is 2.83 bits per heavy atom. The van der Waals surface area contributed by atoms with E-state index in [1.165, 1.54) is 0 Å². The molecule has 1 fully saturated rings. The summed E-state index contributed by atoms with van der Waals surface area (Å²) in [5.74, 6) is 0. The van der Waals surface area contributed by atoms with Crippen molar-refractivity contribution in [3.8, 4) is 0 Å². The Morgan fingerprint density at radius 2 is 2.13 bits per heavy atom. The fourth-order valence-corrected chi connectivity index (χ4v) is 3.19. The van der Waals surface area contributed by atoms with Crippen LogP contribution in [0.15, 0.2) is 29.1 Å². The van der Waals surface area contributed by atoms with Gasteiger partial charge in [-0.1, -0.05) is 11.6 Å². The van der Waals surface area contributed by atoms with Crippen LogP contribution in [-0.4, -0.2) is 46.3 Å². The second-order valence-corrected chi connectivity index (χ2v) is 6.81. The molecule has 2 atom stereocenters. The first-order valence-corrected chi connectivity index (χ1v) is 8.22. The van der Waals surface area contributed by atoms with Gasteiger partial charge in [-0.15, -0.1) is 0 Å². The lowest BCUT2D eigenvalue weighted by Gasteiger charge is -2.20. The molecule has 23 heavy (non-hydrogen) atoms. The number of hydrogen-bond acceptors (Lipinski definition) is 4. The Bertz CT molecular complexity index is 754. The Balaban J connectivity index is 1.73. The second-order valence-electron chi connectivity index (χ2n) is 6.81. The number of pyridine rings is 1. The number of aliphatic hydroxyl groups excluding tert-OH is 1. The Hall–Kier alpha value is -1.69. The number of aromatic amines is 1. The molecule has 0 aliphatic carbocycles. The zero-order chi connectivity index (χ0) is 16.6. The molecule has 0 saturated carbocycles. The largest absolute Gasteiger partial charge is 0.390 e. The molecule has 0 unspecified atom stereocenters. The number of hydrogen-bond donors (Lipinski definition) is 3. The zero-order valence-electron chi connectivity index (χ0n) is 14.0. The van der Waals surface area contributed by atoms with Crippen LogP contribution in [-0.2, 0) is 6.54 Å². The van der Waals surface area contributed by atoms with Crippen molar-refractivity contribution in [2.45, 2.75) is 45.5 Å². The molecule has 1 aromatic heterocycles. The van der Waals surface area contributed by atoms with E-state index in [4.69, 9.17) is 0 Å². The van der Waals surface area contributed by atoms with E-state index in [2.05, 4.69) is 29.0 Å².